The van der Waals surface area contributed by atoms with Gasteiger partial charge in [0.25, 0.3) is 0 Å². The van der Waals surface area contributed by atoms with Gasteiger partial charge in [0.2, 0.25) is 0 Å². The molecule has 0 spiro atoms. The molecule has 4 aromatic carbocycles. The Balaban J connectivity index is 1.87. The number of hydrogen-bond donors (Lipinski definition) is 0. The van der Waals surface area contributed by atoms with Gasteiger partial charge in [-0.05, 0) is 70.8 Å². The van der Waals surface area contributed by atoms with E-state index in [1.165, 1.54) is 10.8 Å². The summed E-state index contributed by atoms with van der Waals surface area (Å²) in [5.41, 5.74) is 3.77. The van der Waals surface area contributed by atoms with Gasteiger partial charge in [-0.3, -0.25) is 4.79 Å². The van der Waals surface area contributed by atoms with Crippen LogP contribution >= 0.6 is 0 Å². The van der Waals surface area contributed by atoms with Gasteiger partial charge in [0.05, 0.1) is 0 Å². The van der Waals surface area contributed by atoms with E-state index in [4.69, 9.17) is 0 Å². The van der Waals surface area contributed by atoms with Gasteiger partial charge in [0, 0.05) is 11.1 Å². The third kappa shape index (κ3) is 2.39. The standard InChI is InChI=1S/C23H18O/c1-15-11-19(13-17-7-3-5-9-21(15)17)23(24)20-12-16(2)22-10-6-4-8-18(22)14-20/h3-14H,1-2H3. The summed E-state index contributed by atoms with van der Waals surface area (Å²) in [5, 5.41) is 4.62. The summed E-state index contributed by atoms with van der Waals surface area (Å²) in [6.45, 7) is 4.12. The summed E-state index contributed by atoms with van der Waals surface area (Å²) in [6.07, 6.45) is 0. The Labute approximate surface area is 141 Å². The van der Waals surface area contributed by atoms with Crippen molar-refractivity contribution in [1.82, 2.24) is 0 Å². The molecule has 0 saturated heterocycles. The van der Waals surface area contributed by atoms with Crippen molar-refractivity contribution in [2.75, 3.05) is 0 Å². The highest BCUT2D eigenvalue weighted by atomic mass is 16.1. The SMILES string of the molecule is Cc1cc(C(=O)c2cc(C)c3ccccc3c2)cc2ccccc12. The third-order valence-corrected chi connectivity index (χ3v) is 4.66. The summed E-state index contributed by atoms with van der Waals surface area (Å²) in [5.74, 6) is 0.0812. The lowest BCUT2D eigenvalue weighted by molar-refractivity contribution is 0.103. The summed E-state index contributed by atoms with van der Waals surface area (Å²) < 4.78 is 0. The zero-order valence-corrected chi connectivity index (χ0v) is 13.8. The molecular formula is C23H18O. The predicted octanol–water partition coefficient (Wildman–Crippen LogP) is 5.84. The van der Waals surface area contributed by atoms with E-state index in [1.54, 1.807) is 0 Å². The van der Waals surface area contributed by atoms with E-state index in [2.05, 4.69) is 38.1 Å². The van der Waals surface area contributed by atoms with Crippen LogP contribution in [0.15, 0.2) is 72.8 Å². The highest BCUT2D eigenvalue weighted by Crippen LogP contribution is 2.25. The van der Waals surface area contributed by atoms with Crippen molar-refractivity contribution in [2.24, 2.45) is 0 Å². The van der Waals surface area contributed by atoms with E-state index in [-0.39, 0.29) is 5.78 Å². The molecule has 0 aliphatic heterocycles. The molecule has 0 radical (unpaired) electrons. The number of aryl methyl sites for hydroxylation is 2. The second-order valence-corrected chi connectivity index (χ2v) is 6.36. The third-order valence-electron chi connectivity index (χ3n) is 4.66. The maximum absolute atomic E-state index is 13.0. The fraction of sp³-hybridized carbons (Fsp3) is 0.0870. The predicted molar refractivity (Wildman–Crippen MR) is 101 cm³/mol. The topological polar surface area (TPSA) is 17.1 Å². The molecule has 24 heavy (non-hydrogen) atoms. The molecule has 0 unspecified atom stereocenters. The highest BCUT2D eigenvalue weighted by molar-refractivity contribution is 6.12. The lowest BCUT2D eigenvalue weighted by atomic mass is 9.94. The first-order chi connectivity index (χ1) is 11.6. The molecule has 4 aromatic rings. The second kappa shape index (κ2) is 5.61. The largest absolute Gasteiger partial charge is 0.289 e. The Hall–Kier alpha value is -2.93. The van der Waals surface area contributed by atoms with Crippen LogP contribution in [0.2, 0.25) is 0 Å². The molecule has 1 heteroatoms. The van der Waals surface area contributed by atoms with E-state index >= 15 is 0 Å². The fourth-order valence-electron chi connectivity index (χ4n) is 3.43. The molecule has 1 nitrogen and oxygen atoms in total. The molecule has 0 fully saturated rings. The molecule has 0 atom stereocenters. The van der Waals surface area contributed by atoms with E-state index in [0.717, 1.165) is 33.0 Å². The van der Waals surface area contributed by atoms with Gasteiger partial charge in [-0.1, -0.05) is 48.5 Å². The van der Waals surface area contributed by atoms with Crippen molar-refractivity contribution in [3.05, 3.63) is 95.1 Å². The minimum atomic E-state index is 0.0812. The van der Waals surface area contributed by atoms with Crippen LogP contribution < -0.4 is 0 Å². The number of hydrogen-bond acceptors (Lipinski definition) is 1. The summed E-state index contributed by atoms with van der Waals surface area (Å²) in [7, 11) is 0. The first kappa shape index (κ1) is 14.6. The molecule has 0 saturated carbocycles. The van der Waals surface area contributed by atoms with E-state index in [9.17, 15) is 4.79 Å². The van der Waals surface area contributed by atoms with Gasteiger partial charge in [-0.25, -0.2) is 0 Å². The minimum absolute atomic E-state index is 0.0812. The van der Waals surface area contributed by atoms with Gasteiger partial charge in [-0.15, -0.1) is 0 Å². The number of carbonyl (C=O) groups excluding carboxylic acids is 1. The van der Waals surface area contributed by atoms with Crippen LogP contribution in [-0.4, -0.2) is 5.78 Å². The first-order valence-electron chi connectivity index (χ1n) is 8.17. The Morgan fingerprint density at radius 1 is 0.625 bits per heavy atom. The molecule has 0 aliphatic rings. The lowest BCUT2D eigenvalue weighted by Gasteiger charge is -2.09. The molecule has 0 amide bonds. The fourth-order valence-corrected chi connectivity index (χ4v) is 3.43. The molecule has 4 rings (SSSR count). The van der Waals surface area contributed by atoms with Crippen LogP contribution in [0.5, 0.6) is 0 Å². The highest BCUT2D eigenvalue weighted by Gasteiger charge is 2.13. The molecule has 0 heterocycles. The number of fused-ring (bicyclic) bond motifs is 2. The smallest absolute Gasteiger partial charge is 0.193 e. The van der Waals surface area contributed by atoms with Crippen molar-refractivity contribution in [2.45, 2.75) is 13.8 Å². The quantitative estimate of drug-likeness (QED) is 0.425. The zero-order valence-electron chi connectivity index (χ0n) is 13.8. The Morgan fingerprint density at radius 2 is 1.04 bits per heavy atom. The van der Waals surface area contributed by atoms with Gasteiger partial charge in [0.1, 0.15) is 0 Å². The normalized spacial score (nSPS) is 11.1. The van der Waals surface area contributed by atoms with E-state index in [1.807, 2.05) is 48.5 Å². The average Bonchev–Trinajstić information content (AvgIpc) is 2.61. The van der Waals surface area contributed by atoms with Crippen LogP contribution in [0.4, 0.5) is 0 Å². The maximum atomic E-state index is 13.0. The Kier molecular flexibility index (Phi) is 3.42. The number of ketones is 1. The van der Waals surface area contributed by atoms with Crippen molar-refractivity contribution in [1.29, 1.82) is 0 Å². The number of rotatable bonds is 2. The minimum Gasteiger partial charge on any atom is -0.289 e. The number of benzene rings is 4. The molecule has 116 valence electrons. The van der Waals surface area contributed by atoms with Gasteiger partial charge in [0.15, 0.2) is 5.78 Å². The van der Waals surface area contributed by atoms with Crippen molar-refractivity contribution < 1.29 is 4.79 Å². The van der Waals surface area contributed by atoms with Gasteiger partial charge >= 0.3 is 0 Å². The second-order valence-electron chi connectivity index (χ2n) is 6.36. The van der Waals surface area contributed by atoms with Gasteiger partial charge in [-0.2, -0.15) is 0 Å². The molecule has 0 aromatic heterocycles. The average molecular weight is 310 g/mol. The summed E-state index contributed by atoms with van der Waals surface area (Å²) >= 11 is 0. The summed E-state index contributed by atoms with van der Waals surface area (Å²) in [4.78, 5) is 13.0. The first-order valence-corrected chi connectivity index (χ1v) is 8.17. The van der Waals surface area contributed by atoms with Crippen molar-refractivity contribution in [3.63, 3.8) is 0 Å². The molecule has 0 aliphatic carbocycles. The van der Waals surface area contributed by atoms with E-state index in [0.29, 0.717) is 0 Å². The van der Waals surface area contributed by atoms with E-state index < -0.39 is 0 Å². The maximum Gasteiger partial charge on any atom is 0.193 e. The zero-order chi connectivity index (χ0) is 16.7. The monoisotopic (exact) mass is 310 g/mol. The van der Waals surface area contributed by atoms with Crippen LogP contribution in [0, 0.1) is 13.8 Å². The van der Waals surface area contributed by atoms with Crippen LogP contribution in [0.3, 0.4) is 0 Å². The van der Waals surface area contributed by atoms with Crippen LogP contribution in [0.1, 0.15) is 27.0 Å². The Bertz CT molecular complexity index is 1000. The molecular weight excluding hydrogens is 292 g/mol. The van der Waals surface area contributed by atoms with Crippen molar-refractivity contribution >= 4 is 27.3 Å². The number of carbonyl (C=O) groups is 1. The van der Waals surface area contributed by atoms with Crippen LogP contribution in [-0.2, 0) is 0 Å². The molecule has 0 bridgehead atoms. The lowest BCUT2D eigenvalue weighted by Crippen LogP contribution is -2.03. The van der Waals surface area contributed by atoms with Gasteiger partial charge < -0.3 is 0 Å². The van der Waals surface area contributed by atoms with Crippen LogP contribution in [0.25, 0.3) is 21.5 Å². The Morgan fingerprint density at radius 3 is 1.50 bits per heavy atom. The van der Waals surface area contributed by atoms with Crippen molar-refractivity contribution in [3.8, 4) is 0 Å². The molecule has 0 N–H and O–H groups in total. The summed E-state index contributed by atoms with van der Waals surface area (Å²) in [6, 6.07) is 24.4.